The molecule has 0 bridgehead atoms. The zero-order valence-corrected chi connectivity index (χ0v) is 13.2. The van der Waals surface area contributed by atoms with Crippen molar-refractivity contribution < 1.29 is 22.7 Å². The van der Waals surface area contributed by atoms with Gasteiger partial charge in [0.25, 0.3) is 5.91 Å². The molecule has 0 saturated carbocycles. The number of fused-ring (bicyclic) bond motifs is 1. The van der Waals surface area contributed by atoms with Crippen LogP contribution in [0.2, 0.25) is 5.02 Å². The third-order valence-electron chi connectivity index (χ3n) is 3.48. The van der Waals surface area contributed by atoms with Gasteiger partial charge in [0.1, 0.15) is 10.6 Å². The van der Waals surface area contributed by atoms with Crippen LogP contribution in [0, 0.1) is 0 Å². The maximum Gasteiger partial charge on any atom is 0.262 e. The van der Waals surface area contributed by atoms with Gasteiger partial charge in [-0.15, -0.1) is 0 Å². The summed E-state index contributed by atoms with van der Waals surface area (Å²) in [6.45, 7) is 0.699. The molecule has 2 N–H and O–H groups in total. The molecule has 0 unspecified atom stereocenters. The molecule has 1 saturated heterocycles. The van der Waals surface area contributed by atoms with Crippen LogP contribution in [0.4, 0.5) is 5.69 Å². The lowest BCUT2D eigenvalue weighted by Crippen LogP contribution is -2.32. The summed E-state index contributed by atoms with van der Waals surface area (Å²) in [5.41, 5.74) is 0.360. The van der Waals surface area contributed by atoms with Crippen LogP contribution in [0.3, 0.4) is 0 Å². The second kappa shape index (κ2) is 6.04. The summed E-state index contributed by atoms with van der Waals surface area (Å²) in [4.78, 5) is 11.2. The van der Waals surface area contributed by atoms with Crippen molar-refractivity contribution in [1.82, 2.24) is 4.72 Å². The molecule has 120 valence electrons. The van der Waals surface area contributed by atoms with Gasteiger partial charge in [0, 0.05) is 19.2 Å². The van der Waals surface area contributed by atoms with Crippen LogP contribution in [0.25, 0.3) is 0 Å². The van der Waals surface area contributed by atoms with Crippen molar-refractivity contribution in [3.63, 3.8) is 0 Å². The summed E-state index contributed by atoms with van der Waals surface area (Å²) in [5, 5.41) is 2.59. The number of nitrogens with one attached hydrogen (secondary N) is 2. The summed E-state index contributed by atoms with van der Waals surface area (Å²) in [6.07, 6.45) is 1.65. The number of anilines is 1. The number of carbonyl (C=O) groups is 1. The summed E-state index contributed by atoms with van der Waals surface area (Å²) < 4.78 is 37.8. The molecule has 22 heavy (non-hydrogen) atoms. The van der Waals surface area contributed by atoms with Crippen LogP contribution in [0.1, 0.15) is 12.8 Å². The predicted molar refractivity (Wildman–Crippen MR) is 79.7 cm³/mol. The molecule has 0 aliphatic carbocycles. The molecule has 0 radical (unpaired) electrons. The fraction of sp³-hybridized carbons (Fsp3) is 0.462. The van der Waals surface area contributed by atoms with Gasteiger partial charge >= 0.3 is 0 Å². The van der Waals surface area contributed by atoms with Crippen LogP contribution < -0.4 is 14.8 Å². The van der Waals surface area contributed by atoms with E-state index in [2.05, 4.69) is 10.0 Å². The minimum Gasteiger partial charge on any atom is -0.482 e. The number of halogens is 1. The van der Waals surface area contributed by atoms with E-state index in [0.29, 0.717) is 12.3 Å². The molecule has 2 aliphatic heterocycles. The highest BCUT2D eigenvalue weighted by Gasteiger charge is 2.26. The molecule has 0 spiro atoms. The summed E-state index contributed by atoms with van der Waals surface area (Å²) in [6, 6.07) is 2.68. The molecule has 1 fully saturated rings. The average molecular weight is 347 g/mol. The van der Waals surface area contributed by atoms with E-state index >= 15 is 0 Å². The fourth-order valence-corrected chi connectivity index (χ4v) is 3.98. The van der Waals surface area contributed by atoms with E-state index < -0.39 is 10.0 Å². The Morgan fingerprint density at radius 3 is 2.95 bits per heavy atom. The van der Waals surface area contributed by atoms with Crippen LogP contribution in [-0.4, -0.2) is 40.2 Å². The number of carbonyl (C=O) groups excluding carboxylic acids is 1. The quantitative estimate of drug-likeness (QED) is 0.852. The summed E-state index contributed by atoms with van der Waals surface area (Å²) in [5.74, 6) is -0.0304. The first-order valence-electron chi connectivity index (χ1n) is 6.83. The van der Waals surface area contributed by atoms with Crippen molar-refractivity contribution >= 4 is 33.2 Å². The Labute approximate surface area is 133 Å². The molecular weight excluding hydrogens is 332 g/mol. The van der Waals surface area contributed by atoms with Gasteiger partial charge in [-0.2, -0.15) is 0 Å². The number of benzene rings is 1. The van der Waals surface area contributed by atoms with E-state index in [1.165, 1.54) is 12.1 Å². The average Bonchev–Trinajstić information content (AvgIpc) is 2.97. The number of ether oxygens (including phenoxy) is 2. The number of sulfonamides is 1. The van der Waals surface area contributed by atoms with E-state index in [-0.39, 0.29) is 40.8 Å². The number of rotatable bonds is 4. The third-order valence-corrected chi connectivity index (χ3v) is 5.37. The second-order valence-electron chi connectivity index (χ2n) is 5.10. The smallest absolute Gasteiger partial charge is 0.262 e. The maximum absolute atomic E-state index is 12.4. The van der Waals surface area contributed by atoms with E-state index in [4.69, 9.17) is 21.1 Å². The van der Waals surface area contributed by atoms with Crippen LogP contribution in [0.5, 0.6) is 5.75 Å². The molecule has 2 heterocycles. The van der Waals surface area contributed by atoms with Crippen LogP contribution in [-0.2, 0) is 19.6 Å². The van der Waals surface area contributed by atoms with Gasteiger partial charge in [-0.25, -0.2) is 13.1 Å². The molecule has 3 rings (SSSR count). The van der Waals surface area contributed by atoms with Crippen molar-refractivity contribution in [3.8, 4) is 5.75 Å². The first-order valence-corrected chi connectivity index (χ1v) is 8.69. The normalized spacial score (nSPS) is 21.1. The molecular formula is C13H15ClN2O5S. The largest absolute Gasteiger partial charge is 0.482 e. The van der Waals surface area contributed by atoms with Crippen molar-refractivity contribution in [2.75, 3.05) is 25.1 Å². The molecule has 1 atom stereocenters. The third kappa shape index (κ3) is 3.19. The highest BCUT2D eigenvalue weighted by molar-refractivity contribution is 7.89. The first-order chi connectivity index (χ1) is 10.5. The Morgan fingerprint density at radius 2 is 2.23 bits per heavy atom. The zero-order valence-electron chi connectivity index (χ0n) is 11.6. The molecule has 7 nitrogen and oxygen atoms in total. The van der Waals surface area contributed by atoms with Gasteiger partial charge in [-0.05, 0) is 18.9 Å². The number of hydrogen-bond acceptors (Lipinski definition) is 5. The second-order valence-corrected chi connectivity index (χ2v) is 7.25. The highest BCUT2D eigenvalue weighted by atomic mass is 35.5. The predicted octanol–water partition coefficient (Wildman–Crippen LogP) is 1.13. The molecule has 1 aromatic carbocycles. The van der Waals surface area contributed by atoms with E-state index in [0.717, 1.165) is 12.8 Å². The molecule has 9 heteroatoms. The Morgan fingerprint density at radius 1 is 1.41 bits per heavy atom. The highest BCUT2D eigenvalue weighted by Crippen LogP contribution is 2.35. The molecule has 2 aliphatic rings. The molecule has 1 amide bonds. The zero-order chi connectivity index (χ0) is 15.7. The van der Waals surface area contributed by atoms with Gasteiger partial charge < -0.3 is 14.8 Å². The van der Waals surface area contributed by atoms with Gasteiger partial charge in [-0.1, -0.05) is 11.6 Å². The lowest BCUT2D eigenvalue weighted by molar-refractivity contribution is -0.118. The summed E-state index contributed by atoms with van der Waals surface area (Å²) in [7, 11) is -3.78. The van der Waals surface area contributed by atoms with Gasteiger partial charge in [0.15, 0.2) is 6.61 Å². The molecule has 1 aromatic rings. The van der Waals surface area contributed by atoms with Crippen LogP contribution in [0.15, 0.2) is 17.0 Å². The first kappa shape index (κ1) is 15.5. The summed E-state index contributed by atoms with van der Waals surface area (Å²) >= 11 is 6.03. The van der Waals surface area contributed by atoms with Gasteiger partial charge in [0.2, 0.25) is 10.0 Å². The lowest BCUT2D eigenvalue weighted by atomic mass is 10.2. The number of amides is 1. The van der Waals surface area contributed by atoms with Crippen molar-refractivity contribution in [2.45, 2.75) is 23.8 Å². The van der Waals surface area contributed by atoms with Gasteiger partial charge in [0.05, 0.1) is 16.8 Å². The minimum atomic E-state index is -3.78. The maximum atomic E-state index is 12.4. The SMILES string of the molecule is O=C1COc2cc(S(=O)(=O)NC[C@@H]3CCCO3)c(Cl)cc2N1. The van der Waals surface area contributed by atoms with E-state index in [9.17, 15) is 13.2 Å². The fourth-order valence-electron chi connectivity index (χ4n) is 2.37. The van der Waals surface area contributed by atoms with Gasteiger partial charge in [-0.3, -0.25) is 4.79 Å². The van der Waals surface area contributed by atoms with E-state index in [1.807, 2.05) is 0 Å². The Bertz CT molecular complexity index is 701. The van der Waals surface area contributed by atoms with Crippen LogP contribution >= 0.6 is 11.6 Å². The monoisotopic (exact) mass is 346 g/mol. The lowest BCUT2D eigenvalue weighted by Gasteiger charge is -2.20. The Balaban J connectivity index is 1.82. The standard InChI is InChI=1S/C13H15ClN2O5S/c14-9-4-10-11(21-7-13(17)16-10)5-12(9)22(18,19)15-6-8-2-1-3-20-8/h4-5,8,15H,1-3,6-7H2,(H,16,17)/t8-/m0/s1. The van der Waals surface area contributed by atoms with Crippen molar-refractivity contribution in [3.05, 3.63) is 17.2 Å². The van der Waals surface area contributed by atoms with Crippen molar-refractivity contribution in [2.24, 2.45) is 0 Å². The topological polar surface area (TPSA) is 93.7 Å². The van der Waals surface area contributed by atoms with E-state index in [1.54, 1.807) is 0 Å². The molecule has 0 aromatic heterocycles. The minimum absolute atomic E-state index is 0.0180. The van der Waals surface area contributed by atoms with Crippen molar-refractivity contribution in [1.29, 1.82) is 0 Å². The Hall–Kier alpha value is -1.35. The number of hydrogen-bond donors (Lipinski definition) is 2. The Kier molecular flexibility index (Phi) is 4.26.